The predicted molar refractivity (Wildman–Crippen MR) is 86.9 cm³/mol. The predicted octanol–water partition coefficient (Wildman–Crippen LogP) is 1.35. The Balaban J connectivity index is 1.43. The Labute approximate surface area is 145 Å². The molecule has 0 radical (unpaired) electrons. The second-order valence-electron chi connectivity index (χ2n) is 6.92. The van der Waals surface area contributed by atoms with E-state index in [1.165, 1.54) is 11.6 Å². The lowest BCUT2D eigenvalue weighted by Gasteiger charge is -2.54. The molecule has 0 spiro atoms. The number of rotatable bonds is 5. The van der Waals surface area contributed by atoms with E-state index in [0.717, 1.165) is 12.8 Å². The van der Waals surface area contributed by atoms with Crippen LogP contribution < -0.4 is 5.32 Å². The molecule has 4 rings (SSSR count). The summed E-state index contributed by atoms with van der Waals surface area (Å²) in [4.78, 5) is 35.9. The van der Waals surface area contributed by atoms with Crippen LogP contribution in [0.25, 0.3) is 0 Å². The molecule has 1 aliphatic carbocycles. The van der Waals surface area contributed by atoms with E-state index in [2.05, 4.69) is 17.4 Å². The molecule has 0 bridgehead atoms. The monoisotopic (exact) mass is 341 g/mol. The number of benzene rings is 1. The van der Waals surface area contributed by atoms with Gasteiger partial charge in [-0.05, 0) is 25.3 Å². The van der Waals surface area contributed by atoms with E-state index in [1.54, 1.807) is 6.92 Å². The molecule has 0 unspecified atom stereocenters. The largest absolute Gasteiger partial charge is 0.497 e. The molecule has 2 heterocycles. The van der Waals surface area contributed by atoms with Crippen molar-refractivity contribution in [3.8, 4) is 0 Å². The van der Waals surface area contributed by atoms with E-state index < -0.39 is 29.3 Å². The molecule has 1 saturated heterocycles. The summed E-state index contributed by atoms with van der Waals surface area (Å²) in [5.41, 5.74) is 0.221. The number of hydrogen-bond acceptors (Lipinski definition) is 5. The normalized spacial score (nSPS) is 32.8. The van der Waals surface area contributed by atoms with E-state index in [1.807, 2.05) is 18.2 Å². The molecule has 3 aliphatic rings. The average molecular weight is 341 g/mol. The molecule has 1 aromatic carbocycles. The lowest BCUT2D eigenvalue weighted by Crippen LogP contribution is -2.66. The van der Waals surface area contributed by atoms with Crippen LogP contribution in [0, 0.1) is 17.8 Å². The summed E-state index contributed by atoms with van der Waals surface area (Å²) < 4.78 is 11.2. The standard InChI is InChI=1S/C19H19NO5/c1-19-15(14-16(19)18(23)20-17(14)22)12(10-13(21)25-19)24-9-5-8-11-6-3-2-4-7-11/h2-4,6-7,10,14-16H,5,8-9H2,1H3,(H,20,22,23)/t14-,15+,16+,19+/m1/s1. The lowest BCUT2D eigenvalue weighted by atomic mass is 9.53. The smallest absolute Gasteiger partial charge is 0.334 e. The number of aryl methyl sites for hydroxylation is 1. The highest BCUT2D eigenvalue weighted by Crippen LogP contribution is 2.58. The quantitative estimate of drug-likeness (QED) is 0.497. The molecule has 4 atom stereocenters. The zero-order valence-corrected chi connectivity index (χ0v) is 13.9. The molecule has 1 saturated carbocycles. The van der Waals surface area contributed by atoms with Gasteiger partial charge in [-0.25, -0.2) is 4.79 Å². The van der Waals surface area contributed by atoms with Crippen molar-refractivity contribution < 1.29 is 23.9 Å². The topological polar surface area (TPSA) is 81.7 Å². The number of nitrogens with one attached hydrogen (secondary N) is 1. The molecular formula is C19H19NO5. The van der Waals surface area contributed by atoms with Crippen LogP contribution in [-0.4, -0.2) is 30.0 Å². The molecule has 2 amide bonds. The van der Waals surface area contributed by atoms with Gasteiger partial charge in [0.15, 0.2) is 0 Å². The van der Waals surface area contributed by atoms with Crippen LogP contribution in [0.3, 0.4) is 0 Å². The van der Waals surface area contributed by atoms with Gasteiger partial charge in [-0.1, -0.05) is 30.3 Å². The first kappa shape index (κ1) is 15.9. The summed E-state index contributed by atoms with van der Waals surface area (Å²) in [5, 5.41) is 2.33. The van der Waals surface area contributed by atoms with E-state index >= 15 is 0 Å². The molecular weight excluding hydrogens is 322 g/mol. The van der Waals surface area contributed by atoms with E-state index in [-0.39, 0.29) is 11.8 Å². The molecule has 0 aromatic heterocycles. The van der Waals surface area contributed by atoms with Crippen molar-refractivity contribution in [3.63, 3.8) is 0 Å². The van der Waals surface area contributed by atoms with E-state index in [9.17, 15) is 14.4 Å². The molecule has 2 aliphatic heterocycles. The molecule has 1 aromatic rings. The van der Waals surface area contributed by atoms with Gasteiger partial charge in [0.2, 0.25) is 11.8 Å². The Kier molecular flexibility index (Phi) is 3.63. The second kappa shape index (κ2) is 5.72. The van der Waals surface area contributed by atoms with Gasteiger partial charge in [0.05, 0.1) is 30.4 Å². The van der Waals surface area contributed by atoms with Crippen molar-refractivity contribution in [2.24, 2.45) is 17.8 Å². The minimum atomic E-state index is -0.999. The maximum absolute atomic E-state index is 12.0. The van der Waals surface area contributed by atoms with Crippen LogP contribution in [0.1, 0.15) is 18.9 Å². The molecule has 25 heavy (non-hydrogen) atoms. The number of carbonyl (C=O) groups is 3. The fourth-order valence-electron chi connectivity index (χ4n) is 4.27. The van der Waals surface area contributed by atoms with E-state index in [4.69, 9.17) is 9.47 Å². The number of hydrogen-bond donors (Lipinski definition) is 1. The summed E-state index contributed by atoms with van der Waals surface area (Å²) in [6.45, 7) is 2.14. The summed E-state index contributed by atoms with van der Waals surface area (Å²) in [6.07, 6.45) is 2.96. The number of ether oxygens (including phenoxy) is 2. The van der Waals surface area contributed by atoms with Crippen LogP contribution >= 0.6 is 0 Å². The van der Waals surface area contributed by atoms with E-state index in [0.29, 0.717) is 12.4 Å². The fraction of sp³-hybridized carbons (Fsp3) is 0.421. The highest BCUT2D eigenvalue weighted by molar-refractivity contribution is 6.08. The summed E-state index contributed by atoms with van der Waals surface area (Å²) in [5.74, 6) is -2.27. The van der Waals surface area contributed by atoms with Crippen LogP contribution in [0.5, 0.6) is 0 Å². The first-order chi connectivity index (χ1) is 12.0. The minimum absolute atomic E-state index is 0.311. The van der Waals surface area contributed by atoms with Crippen molar-refractivity contribution >= 4 is 17.8 Å². The minimum Gasteiger partial charge on any atom is -0.497 e. The van der Waals surface area contributed by atoms with Crippen LogP contribution in [0.4, 0.5) is 0 Å². The first-order valence-electron chi connectivity index (χ1n) is 8.47. The first-order valence-corrected chi connectivity index (χ1v) is 8.47. The third-order valence-electron chi connectivity index (χ3n) is 5.39. The Morgan fingerprint density at radius 1 is 1.12 bits per heavy atom. The van der Waals surface area contributed by atoms with Gasteiger partial charge in [-0.2, -0.15) is 0 Å². The van der Waals surface area contributed by atoms with Gasteiger partial charge in [-0.15, -0.1) is 0 Å². The molecule has 2 fully saturated rings. The van der Waals surface area contributed by atoms with Crippen molar-refractivity contribution in [2.75, 3.05) is 6.61 Å². The average Bonchev–Trinajstić information content (AvgIpc) is 2.83. The number of fused-ring (bicyclic) bond motifs is 4. The van der Waals surface area contributed by atoms with Gasteiger partial charge in [0.1, 0.15) is 11.4 Å². The third kappa shape index (κ3) is 2.44. The van der Waals surface area contributed by atoms with Gasteiger partial charge < -0.3 is 9.47 Å². The van der Waals surface area contributed by atoms with Gasteiger partial charge in [0.25, 0.3) is 0 Å². The molecule has 130 valence electrons. The van der Waals surface area contributed by atoms with Crippen molar-refractivity contribution in [3.05, 3.63) is 47.7 Å². The summed E-state index contributed by atoms with van der Waals surface area (Å²) >= 11 is 0. The Morgan fingerprint density at radius 2 is 1.88 bits per heavy atom. The SMILES string of the molecule is C[C@]12OC(=O)C=C(OCCCc3ccccc3)[C@H]1[C@H]1C(=O)NC(=O)[C@H]12. The van der Waals surface area contributed by atoms with Crippen molar-refractivity contribution in [1.82, 2.24) is 5.32 Å². The maximum Gasteiger partial charge on any atom is 0.334 e. The number of esters is 1. The Hall–Kier alpha value is -2.63. The highest BCUT2D eigenvalue weighted by atomic mass is 16.6. The van der Waals surface area contributed by atoms with Gasteiger partial charge in [0, 0.05) is 0 Å². The maximum atomic E-state index is 12.0. The van der Waals surface area contributed by atoms with Crippen LogP contribution in [0.15, 0.2) is 42.2 Å². The third-order valence-corrected chi connectivity index (χ3v) is 5.39. The second-order valence-corrected chi connectivity index (χ2v) is 6.92. The number of amides is 2. The highest BCUT2D eigenvalue weighted by Gasteiger charge is 2.73. The van der Waals surface area contributed by atoms with Crippen LogP contribution in [0.2, 0.25) is 0 Å². The van der Waals surface area contributed by atoms with Gasteiger partial charge >= 0.3 is 5.97 Å². The van der Waals surface area contributed by atoms with Crippen molar-refractivity contribution in [1.29, 1.82) is 0 Å². The molecule has 1 N–H and O–H groups in total. The number of carbonyl (C=O) groups excluding carboxylic acids is 3. The zero-order chi connectivity index (χ0) is 17.6. The van der Waals surface area contributed by atoms with Crippen LogP contribution in [-0.2, 0) is 30.3 Å². The lowest BCUT2D eigenvalue weighted by molar-refractivity contribution is -0.211. The fourth-order valence-corrected chi connectivity index (χ4v) is 4.27. The van der Waals surface area contributed by atoms with Gasteiger partial charge in [-0.3, -0.25) is 14.9 Å². The molecule has 6 nitrogen and oxygen atoms in total. The summed E-state index contributed by atoms with van der Waals surface area (Å²) in [7, 11) is 0. The Bertz CT molecular complexity index is 771. The summed E-state index contributed by atoms with van der Waals surface area (Å²) in [6, 6.07) is 10.1. The zero-order valence-electron chi connectivity index (χ0n) is 13.9. The number of imide groups is 1. The van der Waals surface area contributed by atoms with Crippen molar-refractivity contribution in [2.45, 2.75) is 25.4 Å². The Morgan fingerprint density at radius 3 is 2.64 bits per heavy atom. The molecule has 6 heteroatoms.